The third kappa shape index (κ3) is 3.16. The van der Waals surface area contributed by atoms with Gasteiger partial charge in [-0.1, -0.05) is 19.1 Å². The molecule has 0 spiro atoms. The number of hydrogen-bond acceptors (Lipinski definition) is 3. The van der Waals surface area contributed by atoms with Crippen molar-refractivity contribution in [1.29, 1.82) is 0 Å². The SMILES string of the molecule is CC1(CCCn2c(=O)cnc3ccccc32)CCNCC1. The van der Waals surface area contributed by atoms with E-state index in [-0.39, 0.29) is 5.56 Å². The first-order chi connectivity index (χ1) is 10.2. The van der Waals surface area contributed by atoms with Crippen LogP contribution in [0.2, 0.25) is 0 Å². The second-order valence-corrected chi connectivity index (χ2v) is 6.40. The highest BCUT2D eigenvalue weighted by molar-refractivity contribution is 5.74. The predicted molar refractivity (Wildman–Crippen MR) is 85.4 cm³/mol. The van der Waals surface area contributed by atoms with Crippen molar-refractivity contribution in [1.82, 2.24) is 14.9 Å². The fourth-order valence-corrected chi connectivity index (χ4v) is 3.29. The smallest absolute Gasteiger partial charge is 0.269 e. The van der Waals surface area contributed by atoms with Crippen molar-refractivity contribution < 1.29 is 0 Å². The van der Waals surface area contributed by atoms with Crippen molar-refractivity contribution >= 4 is 11.0 Å². The highest BCUT2D eigenvalue weighted by atomic mass is 16.1. The van der Waals surface area contributed by atoms with Crippen LogP contribution in [0.15, 0.2) is 35.3 Å². The maximum absolute atomic E-state index is 12.1. The summed E-state index contributed by atoms with van der Waals surface area (Å²) in [5.74, 6) is 0. The van der Waals surface area contributed by atoms with Gasteiger partial charge < -0.3 is 9.88 Å². The molecule has 0 amide bonds. The summed E-state index contributed by atoms with van der Waals surface area (Å²) in [6.07, 6.45) is 6.13. The maximum atomic E-state index is 12.1. The molecule has 0 radical (unpaired) electrons. The average Bonchev–Trinajstić information content (AvgIpc) is 2.50. The fourth-order valence-electron chi connectivity index (χ4n) is 3.29. The van der Waals surface area contributed by atoms with Gasteiger partial charge in [0.05, 0.1) is 17.2 Å². The zero-order valence-electron chi connectivity index (χ0n) is 12.6. The van der Waals surface area contributed by atoms with Gasteiger partial charge >= 0.3 is 0 Å². The molecule has 2 aromatic rings. The minimum atomic E-state index is 0.00386. The monoisotopic (exact) mass is 285 g/mol. The Morgan fingerprint density at radius 1 is 1.29 bits per heavy atom. The Morgan fingerprint density at radius 3 is 2.86 bits per heavy atom. The summed E-state index contributed by atoms with van der Waals surface area (Å²) >= 11 is 0. The van der Waals surface area contributed by atoms with Gasteiger partial charge in [-0.15, -0.1) is 0 Å². The largest absolute Gasteiger partial charge is 0.317 e. The Hall–Kier alpha value is -1.68. The van der Waals surface area contributed by atoms with Gasteiger partial charge in [0.2, 0.25) is 0 Å². The van der Waals surface area contributed by atoms with Gasteiger partial charge in [0, 0.05) is 6.54 Å². The second kappa shape index (κ2) is 5.98. The number of aromatic nitrogens is 2. The van der Waals surface area contributed by atoms with E-state index in [1.165, 1.54) is 25.5 Å². The molecular weight excluding hydrogens is 262 g/mol. The average molecular weight is 285 g/mol. The highest BCUT2D eigenvalue weighted by Gasteiger charge is 2.25. The number of piperidine rings is 1. The Morgan fingerprint density at radius 2 is 2.05 bits per heavy atom. The van der Waals surface area contributed by atoms with Crippen LogP contribution in [-0.4, -0.2) is 22.6 Å². The van der Waals surface area contributed by atoms with Gasteiger partial charge in [-0.05, 0) is 56.3 Å². The molecule has 4 nitrogen and oxygen atoms in total. The van der Waals surface area contributed by atoms with E-state index in [0.29, 0.717) is 5.41 Å². The molecule has 21 heavy (non-hydrogen) atoms. The lowest BCUT2D eigenvalue weighted by Crippen LogP contribution is -2.35. The van der Waals surface area contributed by atoms with Gasteiger partial charge in [-0.25, -0.2) is 4.98 Å². The molecule has 2 heterocycles. The van der Waals surface area contributed by atoms with Gasteiger partial charge in [0.1, 0.15) is 0 Å². The van der Waals surface area contributed by atoms with E-state index in [2.05, 4.69) is 17.2 Å². The van der Waals surface area contributed by atoms with Crippen molar-refractivity contribution in [3.63, 3.8) is 0 Å². The maximum Gasteiger partial charge on any atom is 0.269 e. The summed E-state index contributed by atoms with van der Waals surface area (Å²) < 4.78 is 1.87. The van der Waals surface area contributed by atoms with Crippen LogP contribution in [0.1, 0.15) is 32.6 Å². The number of benzene rings is 1. The Labute approximate surface area is 125 Å². The molecule has 4 heteroatoms. The van der Waals surface area contributed by atoms with E-state index in [9.17, 15) is 4.79 Å². The molecule has 1 N–H and O–H groups in total. The molecule has 1 aliphatic heterocycles. The first kappa shape index (κ1) is 14.3. The van der Waals surface area contributed by atoms with Crippen molar-refractivity contribution in [2.24, 2.45) is 5.41 Å². The van der Waals surface area contributed by atoms with E-state index in [0.717, 1.165) is 37.1 Å². The number of nitrogens with zero attached hydrogens (tertiary/aromatic N) is 2. The zero-order valence-corrected chi connectivity index (χ0v) is 12.6. The Kier molecular flexibility index (Phi) is 4.06. The summed E-state index contributed by atoms with van der Waals surface area (Å²) in [6.45, 7) is 5.40. The van der Waals surface area contributed by atoms with Crippen LogP contribution in [-0.2, 0) is 6.54 Å². The normalized spacial score (nSPS) is 18.0. The third-order valence-corrected chi connectivity index (χ3v) is 4.73. The molecule has 1 aromatic carbocycles. The molecule has 1 aliphatic rings. The Balaban J connectivity index is 1.73. The van der Waals surface area contributed by atoms with Crippen LogP contribution in [0.3, 0.4) is 0 Å². The predicted octanol–water partition coefficient (Wildman–Crippen LogP) is 2.57. The quantitative estimate of drug-likeness (QED) is 0.939. The number of nitrogens with one attached hydrogen (secondary N) is 1. The van der Waals surface area contributed by atoms with E-state index in [1.54, 1.807) is 0 Å². The first-order valence-corrected chi connectivity index (χ1v) is 7.83. The Bertz CT molecular complexity index is 671. The number of aryl methyl sites for hydroxylation is 1. The molecule has 1 aromatic heterocycles. The summed E-state index contributed by atoms with van der Waals surface area (Å²) in [7, 11) is 0. The van der Waals surface area contributed by atoms with Crippen LogP contribution in [0.4, 0.5) is 0 Å². The summed E-state index contributed by atoms with van der Waals surface area (Å²) in [4.78, 5) is 16.3. The molecule has 1 fully saturated rings. The summed E-state index contributed by atoms with van der Waals surface area (Å²) in [5, 5.41) is 3.42. The topological polar surface area (TPSA) is 46.9 Å². The van der Waals surface area contributed by atoms with Gasteiger partial charge in [0.25, 0.3) is 5.56 Å². The number of para-hydroxylation sites is 2. The van der Waals surface area contributed by atoms with Crippen LogP contribution in [0, 0.1) is 5.41 Å². The molecule has 1 saturated heterocycles. The molecule has 0 bridgehead atoms. The summed E-state index contributed by atoms with van der Waals surface area (Å²) in [6, 6.07) is 7.86. The molecule has 0 unspecified atom stereocenters. The first-order valence-electron chi connectivity index (χ1n) is 7.83. The fraction of sp³-hybridized carbons (Fsp3) is 0.529. The number of rotatable bonds is 4. The second-order valence-electron chi connectivity index (χ2n) is 6.40. The van der Waals surface area contributed by atoms with Crippen molar-refractivity contribution in [2.45, 2.75) is 39.2 Å². The van der Waals surface area contributed by atoms with Gasteiger partial charge in [-0.2, -0.15) is 0 Å². The number of fused-ring (bicyclic) bond motifs is 1. The van der Waals surface area contributed by atoms with Crippen LogP contribution in [0.25, 0.3) is 11.0 Å². The van der Waals surface area contributed by atoms with Crippen LogP contribution < -0.4 is 10.9 Å². The van der Waals surface area contributed by atoms with E-state index in [4.69, 9.17) is 0 Å². The minimum absolute atomic E-state index is 0.00386. The summed E-state index contributed by atoms with van der Waals surface area (Å²) in [5.41, 5.74) is 2.27. The molecule has 0 aliphatic carbocycles. The lowest BCUT2D eigenvalue weighted by Gasteiger charge is -2.34. The number of hydrogen-bond donors (Lipinski definition) is 1. The standard InChI is InChI=1S/C17H23N3O/c1-17(8-10-18-11-9-17)7-4-12-20-15-6-3-2-5-14(15)19-13-16(20)21/h2-3,5-6,13,18H,4,7-12H2,1H3. The molecular formula is C17H23N3O. The van der Waals surface area contributed by atoms with Crippen LogP contribution in [0.5, 0.6) is 0 Å². The van der Waals surface area contributed by atoms with Gasteiger partial charge in [0.15, 0.2) is 0 Å². The zero-order chi connectivity index (χ0) is 14.7. The molecule has 0 saturated carbocycles. The van der Waals surface area contributed by atoms with E-state index in [1.807, 2.05) is 28.8 Å². The third-order valence-electron chi connectivity index (χ3n) is 4.73. The van der Waals surface area contributed by atoms with Crippen molar-refractivity contribution in [3.05, 3.63) is 40.8 Å². The molecule has 3 rings (SSSR count). The lowest BCUT2D eigenvalue weighted by atomic mass is 9.77. The van der Waals surface area contributed by atoms with Crippen molar-refractivity contribution in [2.75, 3.05) is 13.1 Å². The van der Waals surface area contributed by atoms with Crippen LogP contribution >= 0.6 is 0 Å². The van der Waals surface area contributed by atoms with Gasteiger partial charge in [-0.3, -0.25) is 4.79 Å². The molecule has 112 valence electrons. The van der Waals surface area contributed by atoms with E-state index >= 15 is 0 Å². The minimum Gasteiger partial charge on any atom is -0.317 e. The van der Waals surface area contributed by atoms with E-state index < -0.39 is 0 Å². The highest BCUT2D eigenvalue weighted by Crippen LogP contribution is 2.33. The van der Waals surface area contributed by atoms with Crippen molar-refractivity contribution in [3.8, 4) is 0 Å². The molecule has 0 atom stereocenters. The lowest BCUT2D eigenvalue weighted by molar-refractivity contribution is 0.203.